The second kappa shape index (κ2) is 8.04. The molecule has 3 rings (SSSR count). The lowest BCUT2D eigenvalue weighted by Gasteiger charge is -2.36. The van der Waals surface area contributed by atoms with Crippen LogP contribution in [0.3, 0.4) is 0 Å². The number of nitrogens with zero attached hydrogens (tertiary/aromatic N) is 2. The summed E-state index contributed by atoms with van der Waals surface area (Å²) < 4.78 is 22.6. The minimum absolute atomic E-state index is 0.112. The van der Waals surface area contributed by atoms with Gasteiger partial charge in [-0.2, -0.15) is 0 Å². The molecule has 2 N–H and O–H groups in total. The summed E-state index contributed by atoms with van der Waals surface area (Å²) in [4.78, 5) is 16.9. The Kier molecular flexibility index (Phi) is 5.96. The molecule has 2 saturated heterocycles. The first-order chi connectivity index (χ1) is 12.3. The van der Waals surface area contributed by atoms with Crippen LogP contribution < -0.4 is 10.9 Å². The van der Waals surface area contributed by atoms with Crippen molar-refractivity contribution in [2.75, 3.05) is 44.7 Å². The van der Waals surface area contributed by atoms with Gasteiger partial charge in [0.05, 0.1) is 11.8 Å². The zero-order valence-corrected chi connectivity index (χ0v) is 16.2. The van der Waals surface area contributed by atoms with Crippen LogP contribution in [0, 0.1) is 5.92 Å². The SMILES string of the molecule is CC1C(C(=O)N2CCN(CCS(C)(=O)=O)CC2)NNC1c1ccccc1. The number of carbonyl (C=O) groups excluding carboxylic acids is 1. The van der Waals surface area contributed by atoms with Crippen molar-refractivity contribution in [2.45, 2.75) is 19.0 Å². The van der Waals surface area contributed by atoms with E-state index in [9.17, 15) is 13.2 Å². The number of amides is 1. The van der Waals surface area contributed by atoms with Gasteiger partial charge in [-0.25, -0.2) is 19.3 Å². The average Bonchev–Trinajstić information content (AvgIpc) is 3.01. The van der Waals surface area contributed by atoms with Gasteiger partial charge in [0.1, 0.15) is 15.9 Å². The van der Waals surface area contributed by atoms with Crippen LogP contribution in [0.1, 0.15) is 18.5 Å². The fourth-order valence-corrected chi connectivity index (χ4v) is 4.24. The van der Waals surface area contributed by atoms with E-state index in [1.54, 1.807) is 0 Å². The zero-order chi connectivity index (χ0) is 18.7. The van der Waals surface area contributed by atoms with E-state index < -0.39 is 9.84 Å². The van der Waals surface area contributed by atoms with Crippen molar-refractivity contribution < 1.29 is 13.2 Å². The van der Waals surface area contributed by atoms with E-state index >= 15 is 0 Å². The van der Waals surface area contributed by atoms with Gasteiger partial charge in [-0.15, -0.1) is 0 Å². The molecular weight excluding hydrogens is 352 g/mol. The Hall–Kier alpha value is -1.48. The van der Waals surface area contributed by atoms with E-state index in [-0.39, 0.29) is 29.7 Å². The summed E-state index contributed by atoms with van der Waals surface area (Å²) in [7, 11) is -2.95. The molecule has 7 nitrogen and oxygen atoms in total. The van der Waals surface area contributed by atoms with Crippen molar-refractivity contribution >= 4 is 15.7 Å². The average molecular weight is 381 g/mol. The fraction of sp³-hybridized carbons (Fsp3) is 0.611. The van der Waals surface area contributed by atoms with Gasteiger partial charge in [0.25, 0.3) is 0 Å². The molecule has 2 heterocycles. The van der Waals surface area contributed by atoms with Crippen LogP contribution in [-0.4, -0.2) is 74.9 Å². The summed E-state index contributed by atoms with van der Waals surface area (Å²) in [5, 5.41) is 0. The minimum Gasteiger partial charge on any atom is -0.339 e. The summed E-state index contributed by atoms with van der Waals surface area (Å²) in [5.74, 6) is 0.435. The number of hydrazine groups is 1. The van der Waals surface area contributed by atoms with Gasteiger partial charge in [-0.1, -0.05) is 37.3 Å². The number of nitrogens with one attached hydrogen (secondary N) is 2. The molecule has 26 heavy (non-hydrogen) atoms. The molecule has 1 aromatic rings. The monoisotopic (exact) mass is 380 g/mol. The highest BCUT2D eigenvalue weighted by Gasteiger charge is 2.40. The van der Waals surface area contributed by atoms with E-state index in [0.29, 0.717) is 19.6 Å². The third-order valence-electron chi connectivity index (χ3n) is 5.33. The number of hydrogen-bond donors (Lipinski definition) is 2. The van der Waals surface area contributed by atoms with Crippen molar-refractivity contribution in [3.8, 4) is 0 Å². The molecule has 0 saturated carbocycles. The lowest BCUT2D eigenvalue weighted by Crippen LogP contribution is -2.55. The maximum Gasteiger partial charge on any atom is 0.241 e. The normalized spacial score (nSPS) is 27.6. The summed E-state index contributed by atoms with van der Waals surface area (Å²) in [6.45, 7) is 5.36. The van der Waals surface area contributed by atoms with Gasteiger partial charge in [-0.3, -0.25) is 9.69 Å². The maximum atomic E-state index is 12.9. The number of sulfone groups is 1. The third kappa shape index (κ3) is 4.62. The summed E-state index contributed by atoms with van der Waals surface area (Å²) in [6.07, 6.45) is 1.26. The van der Waals surface area contributed by atoms with Crippen molar-refractivity contribution in [2.24, 2.45) is 5.92 Å². The molecule has 3 atom stereocenters. The van der Waals surface area contributed by atoms with Crippen LogP contribution in [0.2, 0.25) is 0 Å². The van der Waals surface area contributed by atoms with Crippen molar-refractivity contribution in [3.63, 3.8) is 0 Å². The second-order valence-electron chi connectivity index (χ2n) is 7.31. The Morgan fingerprint density at radius 2 is 1.77 bits per heavy atom. The Balaban J connectivity index is 1.53. The van der Waals surface area contributed by atoms with Crippen LogP contribution in [-0.2, 0) is 14.6 Å². The predicted molar refractivity (Wildman–Crippen MR) is 101 cm³/mol. The van der Waals surface area contributed by atoms with Gasteiger partial charge < -0.3 is 4.90 Å². The molecule has 3 unspecified atom stereocenters. The highest BCUT2D eigenvalue weighted by molar-refractivity contribution is 7.90. The van der Waals surface area contributed by atoms with Crippen molar-refractivity contribution in [1.82, 2.24) is 20.7 Å². The van der Waals surface area contributed by atoms with E-state index in [1.165, 1.54) is 11.8 Å². The lowest BCUT2D eigenvalue weighted by molar-refractivity contribution is -0.135. The Morgan fingerprint density at radius 1 is 1.12 bits per heavy atom. The molecular formula is C18H28N4O3S. The molecule has 8 heteroatoms. The molecule has 1 amide bonds. The van der Waals surface area contributed by atoms with Gasteiger partial charge in [0.2, 0.25) is 5.91 Å². The smallest absolute Gasteiger partial charge is 0.241 e. The fourth-order valence-electron chi connectivity index (χ4n) is 3.65. The van der Waals surface area contributed by atoms with Gasteiger partial charge in [0, 0.05) is 44.9 Å². The van der Waals surface area contributed by atoms with Crippen LogP contribution in [0.25, 0.3) is 0 Å². The molecule has 1 aromatic carbocycles. The molecule has 0 spiro atoms. The standard InChI is InChI=1S/C18H28N4O3S/c1-14-16(15-6-4-3-5-7-15)19-20-17(14)18(23)22-10-8-21(9-11-22)12-13-26(2,24)25/h3-7,14,16-17,19-20H,8-13H2,1-2H3. The van der Waals surface area contributed by atoms with Gasteiger partial charge in [-0.05, 0) is 5.56 Å². The van der Waals surface area contributed by atoms with Crippen LogP contribution in [0.4, 0.5) is 0 Å². The van der Waals surface area contributed by atoms with E-state index in [0.717, 1.165) is 13.1 Å². The highest BCUT2D eigenvalue weighted by Crippen LogP contribution is 2.29. The Morgan fingerprint density at radius 3 is 2.38 bits per heavy atom. The quantitative estimate of drug-likeness (QED) is 0.750. The minimum atomic E-state index is -2.95. The Bertz CT molecular complexity index is 717. The molecule has 2 aliphatic heterocycles. The highest BCUT2D eigenvalue weighted by atomic mass is 32.2. The Labute approximate surface area is 155 Å². The van der Waals surface area contributed by atoms with Crippen LogP contribution in [0.15, 0.2) is 30.3 Å². The van der Waals surface area contributed by atoms with Gasteiger partial charge >= 0.3 is 0 Å². The summed E-state index contributed by atoms with van der Waals surface area (Å²) in [5.41, 5.74) is 7.61. The number of piperazine rings is 1. The molecule has 2 aliphatic rings. The molecule has 0 radical (unpaired) electrons. The molecule has 0 aromatic heterocycles. The maximum absolute atomic E-state index is 12.9. The van der Waals surface area contributed by atoms with Crippen molar-refractivity contribution in [1.29, 1.82) is 0 Å². The first kappa shape index (κ1) is 19.3. The van der Waals surface area contributed by atoms with E-state index in [4.69, 9.17) is 0 Å². The molecule has 0 aliphatic carbocycles. The number of rotatable bonds is 5. The zero-order valence-electron chi connectivity index (χ0n) is 15.4. The third-order valence-corrected chi connectivity index (χ3v) is 6.26. The number of benzene rings is 1. The van der Waals surface area contributed by atoms with E-state index in [2.05, 4.69) is 34.8 Å². The summed E-state index contributed by atoms with van der Waals surface area (Å²) >= 11 is 0. The van der Waals surface area contributed by atoms with Crippen LogP contribution in [0.5, 0.6) is 0 Å². The largest absolute Gasteiger partial charge is 0.339 e. The lowest BCUT2D eigenvalue weighted by atomic mass is 9.90. The van der Waals surface area contributed by atoms with Crippen molar-refractivity contribution in [3.05, 3.63) is 35.9 Å². The van der Waals surface area contributed by atoms with E-state index in [1.807, 2.05) is 23.1 Å². The topological polar surface area (TPSA) is 81.8 Å². The number of hydrogen-bond acceptors (Lipinski definition) is 6. The first-order valence-corrected chi connectivity index (χ1v) is 11.2. The molecule has 2 fully saturated rings. The predicted octanol–water partition coefficient (Wildman–Crippen LogP) is 0.0290. The second-order valence-corrected chi connectivity index (χ2v) is 9.57. The molecule has 144 valence electrons. The number of carbonyl (C=O) groups is 1. The first-order valence-electron chi connectivity index (χ1n) is 9.10. The molecule has 0 bridgehead atoms. The van der Waals surface area contributed by atoms with Crippen LogP contribution >= 0.6 is 0 Å². The summed E-state index contributed by atoms with van der Waals surface area (Å²) in [6, 6.07) is 10.0. The van der Waals surface area contributed by atoms with Gasteiger partial charge in [0.15, 0.2) is 0 Å².